The number of hydrogen-bond donors (Lipinski definition) is 1. The molecule has 0 saturated heterocycles. The lowest BCUT2D eigenvalue weighted by Gasteiger charge is -2.21. The fourth-order valence-corrected chi connectivity index (χ4v) is 2.00. The Morgan fingerprint density at radius 3 is 2.25 bits per heavy atom. The van der Waals surface area contributed by atoms with Crippen LogP contribution < -0.4 is 5.32 Å². The van der Waals surface area contributed by atoms with E-state index in [-0.39, 0.29) is 5.54 Å². The Morgan fingerprint density at radius 1 is 1.10 bits per heavy atom. The standard InChI is InChI=1S/C17H30N2O/c1-17(2,3)18-13-15-7-9-16(10-8-15)14-19(4)11-6-12-20-5/h7-10,18H,6,11-14H2,1-5H3. The van der Waals surface area contributed by atoms with E-state index in [9.17, 15) is 0 Å². The van der Waals surface area contributed by atoms with Crippen LogP contribution in [-0.2, 0) is 17.8 Å². The molecule has 0 amide bonds. The molecule has 114 valence electrons. The van der Waals surface area contributed by atoms with Crippen molar-refractivity contribution in [3.8, 4) is 0 Å². The van der Waals surface area contributed by atoms with Crippen molar-refractivity contribution >= 4 is 0 Å². The first-order valence-electron chi connectivity index (χ1n) is 7.41. The molecule has 0 aromatic heterocycles. The molecule has 0 radical (unpaired) electrons. The second-order valence-corrected chi connectivity index (χ2v) is 6.50. The van der Waals surface area contributed by atoms with Crippen molar-refractivity contribution < 1.29 is 4.74 Å². The summed E-state index contributed by atoms with van der Waals surface area (Å²) in [7, 11) is 3.91. The van der Waals surface area contributed by atoms with E-state index in [1.165, 1.54) is 11.1 Å². The van der Waals surface area contributed by atoms with Crippen LogP contribution in [0.4, 0.5) is 0 Å². The molecule has 0 bridgehead atoms. The number of nitrogens with zero attached hydrogens (tertiary/aromatic N) is 1. The second kappa shape index (κ2) is 8.40. The van der Waals surface area contributed by atoms with Gasteiger partial charge in [0.15, 0.2) is 0 Å². The Hall–Kier alpha value is -0.900. The molecule has 0 heterocycles. The van der Waals surface area contributed by atoms with E-state index in [1.807, 2.05) is 0 Å². The summed E-state index contributed by atoms with van der Waals surface area (Å²) in [6, 6.07) is 8.90. The minimum absolute atomic E-state index is 0.167. The lowest BCUT2D eigenvalue weighted by Crippen LogP contribution is -2.35. The highest BCUT2D eigenvalue weighted by Crippen LogP contribution is 2.09. The second-order valence-electron chi connectivity index (χ2n) is 6.50. The Labute approximate surface area is 124 Å². The Kier molecular flexibility index (Phi) is 7.20. The number of methoxy groups -OCH3 is 1. The van der Waals surface area contributed by atoms with Crippen LogP contribution in [0.25, 0.3) is 0 Å². The third kappa shape index (κ3) is 7.63. The van der Waals surface area contributed by atoms with Gasteiger partial charge in [-0.3, -0.25) is 0 Å². The zero-order valence-corrected chi connectivity index (χ0v) is 13.7. The largest absolute Gasteiger partial charge is 0.385 e. The molecule has 1 aromatic rings. The van der Waals surface area contributed by atoms with E-state index in [1.54, 1.807) is 7.11 Å². The Bertz CT molecular complexity index is 368. The van der Waals surface area contributed by atoms with Crippen molar-refractivity contribution in [2.75, 3.05) is 27.3 Å². The number of nitrogens with one attached hydrogen (secondary N) is 1. The molecular formula is C17H30N2O. The average Bonchev–Trinajstić information content (AvgIpc) is 2.37. The third-order valence-electron chi connectivity index (χ3n) is 3.19. The Balaban J connectivity index is 2.38. The maximum atomic E-state index is 5.08. The van der Waals surface area contributed by atoms with E-state index in [2.05, 4.69) is 62.3 Å². The van der Waals surface area contributed by atoms with Crippen LogP contribution in [0.5, 0.6) is 0 Å². The molecule has 1 aromatic carbocycles. The number of ether oxygens (including phenoxy) is 1. The molecule has 0 atom stereocenters. The summed E-state index contributed by atoms with van der Waals surface area (Å²) in [4.78, 5) is 2.33. The van der Waals surface area contributed by atoms with Crippen LogP contribution in [0.1, 0.15) is 38.3 Å². The van der Waals surface area contributed by atoms with Crippen molar-refractivity contribution in [2.24, 2.45) is 0 Å². The molecule has 0 unspecified atom stereocenters. The first-order valence-corrected chi connectivity index (χ1v) is 7.41. The highest BCUT2D eigenvalue weighted by atomic mass is 16.5. The van der Waals surface area contributed by atoms with Gasteiger partial charge in [-0.1, -0.05) is 24.3 Å². The van der Waals surface area contributed by atoms with E-state index >= 15 is 0 Å². The molecule has 20 heavy (non-hydrogen) atoms. The number of hydrogen-bond acceptors (Lipinski definition) is 3. The van der Waals surface area contributed by atoms with E-state index in [0.717, 1.165) is 32.7 Å². The molecule has 0 aliphatic heterocycles. The zero-order chi connectivity index (χ0) is 15.0. The Morgan fingerprint density at radius 2 is 1.70 bits per heavy atom. The topological polar surface area (TPSA) is 24.5 Å². The van der Waals surface area contributed by atoms with Crippen LogP contribution in [-0.4, -0.2) is 37.7 Å². The van der Waals surface area contributed by atoms with Gasteiger partial charge in [0.1, 0.15) is 0 Å². The third-order valence-corrected chi connectivity index (χ3v) is 3.19. The van der Waals surface area contributed by atoms with Gasteiger partial charge in [0.2, 0.25) is 0 Å². The van der Waals surface area contributed by atoms with E-state index in [0.29, 0.717) is 0 Å². The van der Waals surface area contributed by atoms with Gasteiger partial charge < -0.3 is 15.0 Å². The summed E-state index contributed by atoms with van der Waals surface area (Å²) in [5.74, 6) is 0. The van der Waals surface area contributed by atoms with Crippen LogP contribution in [0.3, 0.4) is 0 Å². The molecule has 0 saturated carbocycles. The van der Waals surface area contributed by atoms with Gasteiger partial charge in [-0.15, -0.1) is 0 Å². The summed E-state index contributed by atoms with van der Waals surface area (Å²) in [6.07, 6.45) is 1.08. The van der Waals surface area contributed by atoms with Gasteiger partial charge in [-0.05, 0) is 45.4 Å². The van der Waals surface area contributed by atoms with Crippen LogP contribution in [0.2, 0.25) is 0 Å². The van der Waals surface area contributed by atoms with Crippen molar-refractivity contribution in [3.05, 3.63) is 35.4 Å². The monoisotopic (exact) mass is 278 g/mol. The van der Waals surface area contributed by atoms with Gasteiger partial charge in [0, 0.05) is 38.9 Å². The minimum Gasteiger partial charge on any atom is -0.385 e. The van der Waals surface area contributed by atoms with E-state index in [4.69, 9.17) is 4.74 Å². The van der Waals surface area contributed by atoms with Crippen LogP contribution in [0, 0.1) is 0 Å². The van der Waals surface area contributed by atoms with Gasteiger partial charge in [0.25, 0.3) is 0 Å². The quantitative estimate of drug-likeness (QED) is 0.740. The first kappa shape index (κ1) is 17.2. The fourth-order valence-electron chi connectivity index (χ4n) is 2.00. The predicted octanol–water partition coefficient (Wildman–Crippen LogP) is 3.04. The highest BCUT2D eigenvalue weighted by molar-refractivity contribution is 5.22. The van der Waals surface area contributed by atoms with E-state index < -0.39 is 0 Å². The smallest absolute Gasteiger partial charge is 0.0474 e. The normalized spacial score (nSPS) is 12.1. The summed E-state index contributed by atoms with van der Waals surface area (Å²) in [6.45, 7) is 10.4. The maximum absolute atomic E-state index is 5.08. The molecule has 1 rings (SSSR count). The molecule has 0 aliphatic rings. The maximum Gasteiger partial charge on any atom is 0.0474 e. The van der Waals surface area contributed by atoms with Crippen molar-refractivity contribution in [1.29, 1.82) is 0 Å². The van der Waals surface area contributed by atoms with Gasteiger partial charge in [0.05, 0.1) is 0 Å². The predicted molar refractivity (Wildman–Crippen MR) is 85.9 cm³/mol. The molecule has 1 N–H and O–H groups in total. The molecular weight excluding hydrogens is 248 g/mol. The average molecular weight is 278 g/mol. The molecule has 3 nitrogen and oxygen atoms in total. The van der Waals surface area contributed by atoms with Gasteiger partial charge >= 0.3 is 0 Å². The SMILES string of the molecule is COCCCN(C)Cc1ccc(CNC(C)(C)C)cc1. The van der Waals surface area contributed by atoms with Crippen LogP contribution >= 0.6 is 0 Å². The zero-order valence-electron chi connectivity index (χ0n) is 13.7. The summed E-state index contributed by atoms with van der Waals surface area (Å²) in [5, 5.41) is 3.51. The summed E-state index contributed by atoms with van der Waals surface area (Å²) >= 11 is 0. The lowest BCUT2D eigenvalue weighted by atomic mass is 10.1. The minimum atomic E-state index is 0.167. The number of rotatable bonds is 8. The van der Waals surface area contributed by atoms with Crippen LogP contribution in [0.15, 0.2) is 24.3 Å². The molecule has 3 heteroatoms. The number of benzene rings is 1. The lowest BCUT2D eigenvalue weighted by molar-refractivity contribution is 0.178. The van der Waals surface area contributed by atoms with Crippen molar-refractivity contribution in [1.82, 2.24) is 10.2 Å². The van der Waals surface area contributed by atoms with Gasteiger partial charge in [-0.25, -0.2) is 0 Å². The highest BCUT2D eigenvalue weighted by Gasteiger charge is 2.08. The molecule has 0 fully saturated rings. The van der Waals surface area contributed by atoms with Crippen molar-refractivity contribution in [2.45, 2.75) is 45.8 Å². The summed E-state index contributed by atoms with van der Waals surface area (Å²) in [5.41, 5.74) is 2.87. The summed E-state index contributed by atoms with van der Waals surface area (Å²) < 4.78 is 5.08. The van der Waals surface area contributed by atoms with Gasteiger partial charge in [-0.2, -0.15) is 0 Å². The first-order chi connectivity index (χ1) is 9.40. The van der Waals surface area contributed by atoms with Crippen molar-refractivity contribution in [3.63, 3.8) is 0 Å². The molecule has 0 spiro atoms. The molecule has 0 aliphatic carbocycles. The fraction of sp³-hybridized carbons (Fsp3) is 0.647.